The number of nitrogens with zero attached hydrogens (tertiary/aromatic N) is 2. The van der Waals surface area contributed by atoms with Gasteiger partial charge in [0.15, 0.2) is 0 Å². The second-order valence-electron chi connectivity index (χ2n) is 6.87. The van der Waals surface area contributed by atoms with Crippen molar-refractivity contribution in [2.75, 3.05) is 0 Å². The van der Waals surface area contributed by atoms with Gasteiger partial charge in [0.25, 0.3) is 0 Å². The summed E-state index contributed by atoms with van der Waals surface area (Å²) in [5.41, 5.74) is 2.43. The Morgan fingerprint density at radius 3 is 2.21 bits per heavy atom. The van der Waals surface area contributed by atoms with E-state index in [4.69, 9.17) is 4.74 Å². The standard InChI is InChI=1S/C20H22N2O2/c1-20(2,3)24-19(23)22-18(16-12-8-5-9-13-16)14-17(21-22)15-10-6-4-7-11-15/h4-13,18H,14H2,1-3H3/t18-/m0/s1. The molecule has 0 saturated carbocycles. The third-order valence-corrected chi connectivity index (χ3v) is 3.78. The minimum atomic E-state index is -0.552. The van der Waals surface area contributed by atoms with Gasteiger partial charge in [0.2, 0.25) is 0 Å². The second-order valence-corrected chi connectivity index (χ2v) is 6.87. The average Bonchev–Trinajstić information content (AvgIpc) is 3.00. The van der Waals surface area contributed by atoms with Crippen molar-refractivity contribution in [3.63, 3.8) is 0 Å². The molecule has 0 aromatic heterocycles. The third kappa shape index (κ3) is 3.65. The molecule has 3 rings (SSSR count). The minimum absolute atomic E-state index is 0.142. The maximum absolute atomic E-state index is 12.6. The number of hydrazone groups is 1. The van der Waals surface area contributed by atoms with E-state index in [9.17, 15) is 4.79 Å². The van der Waals surface area contributed by atoms with Gasteiger partial charge in [-0.25, -0.2) is 4.79 Å². The van der Waals surface area contributed by atoms with Crippen LogP contribution in [-0.4, -0.2) is 22.4 Å². The predicted octanol–water partition coefficient (Wildman–Crippen LogP) is 4.77. The molecule has 1 heterocycles. The third-order valence-electron chi connectivity index (χ3n) is 3.78. The number of carbonyl (C=O) groups is 1. The number of hydrogen-bond acceptors (Lipinski definition) is 3. The van der Waals surface area contributed by atoms with Gasteiger partial charge in [0, 0.05) is 6.42 Å². The van der Waals surface area contributed by atoms with Crippen LogP contribution in [-0.2, 0) is 4.74 Å². The number of hydrogen-bond donors (Lipinski definition) is 0. The van der Waals surface area contributed by atoms with Crippen LogP contribution in [0.25, 0.3) is 0 Å². The van der Waals surface area contributed by atoms with Gasteiger partial charge in [-0.1, -0.05) is 60.7 Å². The van der Waals surface area contributed by atoms with E-state index in [0.29, 0.717) is 6.42 Å². The largest absolute Gasteiger partial charge is 0.442 e. The summed E-state index contributed by atoms with van der Waals surface area (Å²) in [5, 5.41) is 6.05. The van der Waals surface area contributed by atoms with E-state index in [2.05, 4.69) is 5.10 Å². The van der Waals surface area contributed by atoms with Crippen LogP contribution in [0, 0.1) is 0 Å². The first-order valence-electron chi connectivity index (χ1n) is 8.14. The van der Waals surface area contributed by atoms with E-state index in [0.717, 1.165) is 16.8 Å². The topological polar surface area (TPSA) is 41.9 Å². The second kappa shape index (κ2) is 6.48. The Morgan fingerprint density at radius 2 is 1.62 bits per heavy atom. The van der Waals surface area contributed by atoms with E-state index < -0.39 is 11.7 Å². The highest BCUT2D eigenvalue weighted by molar-refractivity contribution is 6.02. The Kier molecular flexibility index (Phi) is 4.38. The number of carbonyl (C=O) groups excluding carboxylic acids is 1. The van der Waals surface area contributed by atoms with E-state index in [-0.39, 0.29) is 6.04 Å². The number of ether oxygens (including phenoxy) is 1. The molecular weight excluding hydrogens is 300 g/mol. The molecule has 1 amide bonds. The van der Waals surface area contributed by atoms with Gasteiger partial charge in [-0.05, 0) is 31.9 Å². The maximum Gasteiger partial charge on any atom is 0.431 e. The summed E-state index contributed by atoms with van der Waals surface area (Å²) >= 11 is 0. The molecule has 0 radical (unpaired) electrons. The molecule has 1 atom stereocenters. The Bertz CT molecular complexity index is 733. The quantitative estimate of drug-likeness (QED) is 0.799. The maximum atomic E-state index is 12.6. The van der Waals surface area contributed by atoms with Crippen LogP contribution >= 0.6 is 0 Å². The van der Waals surface area contributed by atoms with Crippen molar-refractivity contribution in [3.8, 4) is 0 Å². The molecule has 124 valence electrons. The first-order valence-corrected chi connectivity index (χ1v) is 8.14. The van der Waals surface area contributed by atoms with E-state index in [1.54, 1.807) is 0 Å². The highest BCUT2D eigenvalue weighted by Gasteiger charge is 2.35. The van der Waals surface area contributed by atoms with Crippen LogP contribution in [0.4, 0.5) is 4.79 Å². The Balaban J connectivity index is 1.93. The first kappa shape index (κ1) is 16.2. The van der Waals surface area contributed by atoms with Gasteiger partial charge in [-0.3, -0.25) is 0 Å². The Labute approximate surface area is 142 Å². The van der Waals surface area contributed by atoms with Crippen molar-refractivity contribution in [1.82, 2.24) is 5.01 Å². The molecule has 0 bridgehead atoms. The highest BCUT2D eigenvalue weighted by atomic mass is 16.6. The molecule has 4 heteroatoms. The molecule has 1 aliphatic rings. The Morgan fingerprint density at radius 1 is 1.04 bits per heavy atom. The van der Waals surface area contributed by atoms with Crippen molar-refractivity contribution >= 4 is 11.8 Å². The molecule has 1 aliphatic heterocycles. The van der Waals surface area contributed by atoms with Crippen molar-refractivity contribution in [1.29, 1.82) is 0 Å². The Hall–Kier alpha value is -2.62. The molecule has 0 fully saturated rings. The normalized spacial score (nSPS) is 17.5. The van der Waals surface area contributed by atoms with Crippen LogP contribution in [0.3, 0.4) is 0 Å². The molecule has 4 nitrogen and oxygen atoms in total. The van der Waals surface area contributed by atoms with Crippen molar-refractivity contribution in [2.45, 2.75) is 38.8 Å². The molecule has 0 unspecified atom stereocenters. The summed E-state index contributed by atoms with van der Waals surface area (Å²) < 4.78 is 5.54. The zero-order valence-electron chi connectivity index (χ0n) is 14.3. The SMILES string of the molecule is CC(C)(C)OC(=O)N1N=C(c2ccccc2)C[C@H]1c1ccccc1. The fraction of sp³-hybridized carbons (Fsp3) is 0.300. The van der Waals surface area contributed by atoms with Crippen LogP contribution in [0.15, 0.2) is 65.8 Å². The van der Waals surface area contributed by atoms with E-state index >= 15 is 0 Å². The predicted molar refractivity (Wildman–Crippen MR) is 94.9 cm³/mol. The number of rotatable bonds is 2. The fourth-order valence-electron chi connectivity index (χ4n) is 2.73. The minimum Gasteiger partial charge on any atom is -0.442 e. The molecule has 0 N–H and O–H groups in total. The van der Waals surface area contributed by atoms with Gasteiger partial charge in [-0.15, -0.1) is 0 Å². The summed E-state index contributed by atoms with van der Waals surface area (Å²) in [6.07, 6.45) is 0.259. The zero-order valence-corrected chi connectivity index (χ0v) is 14.3. The molecule has 2 aromatic carbocycles. The molecule has 0 spiro atoms. The summed E-state index contributed by atoms with van der Waals surface area (Å²) in [4.78, 5) is 12.6. The summed E-state index contributed by atoms with van der Waals surface area (Å²) in [6.45, 7) is 5.58. The van der Waals surface area contributed by atoms with Crippen LogP contribution in [0.1, 0.15) is 44.4 Å². The zero-order chi connectivity index (χ0) is 17.2. The van der Waals surface area contributed by atoms with Gasteiger partial charge < -0.3 is 4.74 Å². The number of benzene rings is 2. The molecular formula is C20H22N2O2. The van der Waals surface area contributed by atoms with Crippen molar-refractivity contribution < 1.29 is 9.53 Å². The van der Waals surface area contributed by atoms with Gasteiger partial charge in [-0.2, -0.15) is 10.1 Å². The summed E-state index contributed by atoms with van der Waals surface area (Å²) in [6, 6.07) is 19.8. The lowest BCUT2D eigenvalue weighted by molar-refractivity contribution is 0.0195. The van der Waals surface area contributed by atoms with Gasteiger partial charge >= 0.3 is 6.09 Å². The molecule has 0 saturated heterocycles. The molecule has 2 aromatic rings. The fourth-order valence-corrected chi connectivity index (χ4v) is 2.73. The lowest BCUT2D eigenvalue weighted by Gasteiger charge is -2.26. The van der Waals surface area contributed by atoms with Gasteiger partial charge in [0.1, 0.15) is 5.60 Å². The van der Waals surface area contributed by atoms with Crippen molar-refractivity contribution in [3.05, 3.63) is 71.8 Å². The monoisotopic (exact) mass is 322 g/mol. The average molecular weight is 322 g/mol. The van der Waals surface area contributed by atoms with Crippen LogP contribution in [0.5, 0.6) is 0 Å². The lowest BCUT2D eigenvalue weighted by atomic mass is 9.99. The first-order chi connectivity index (χ1) is 11.4. The molecule has 24 heavy (non-hydrogen) atoms. The van der Waals surface area contributed by atoms with E-state index in [1.165, 1.54) is 5.01 Å². The van der Waals surface area contributed by atoms with Gasteiger partial charge in [0.05, 0.1) is 11.8 Å². The highest BCUT2D eigenvalue weighted by Crippen LogP contribution is 2.33. The van der Waals surface area contributed by atoms with Crippen molar-refractivity contribution in [2.24, 2.45) is 5.10 Å². The van der Waals surface area contributed by atoms with E-state index in [1.807, 2.05) is 81.4 Å². The smallest absolute Gasteiger partial charge is 0.431 e. The summed E-state index contributed by atoms with van der Waals surface area (Å²) in [7, 11) is 0. The number of amides is 1. The summed E-state index contributed by atoms with van der Waals surface area (Å²) in [5.74, 6) is 0. The molecule has 0 aliphatic carbocycles. The van der Waals surface area contributed by atoms with Crippen LogP contribution in [0.2, 0.25) is 0 Å². The van der Waals surface area contributed by atoms with Crippen LogP contribution < -0.4 is 0 Å². The lowest BCUT2D eigenvalue weighted by Crippen LogP contribution is -2.34.